The summed E-state index contributed by atoms with van der Waals surface area (Å²) in [6.07, 6.45) is 0. The van der Waals surface area contributed by atoms with Crippen molar-refractivity contribution in [2.45, 2.75) is 0 Å². The molecule has 0 heterocycles. The quantitative estimate of drug-likeness (QED) is 0.534. The van der Waals surface area contributed by atoms with Crippen LogP contribution < -0.4 is 5.32 Å². The van der Waals surface area contributed by atoms with E-state index in [9.17, 15) is 9.59 Å². The molecule has 0 saturated heterocycles. The van der Waals surface area contributed by atoms with Gasteiger partial charge in [0.1, 0.15) is 0 Å². The Morgan fingerprint density at radius 1 is 1.10 bits per heavy atom. The third kappa shape index (κ3) is 11.3. The standard InChI is InChI=1S/C4H7NO4.Ba/c6-3(7)1-5-2-4(8)9;/h5H,1-2H2,(H,6,7)(H,8,9);. The molecule has 0 aromatic heterocycles. The van der Waals surface area contributed by atoms with Crippen molar-refractivity contribution in [2.75, 3.05) is 13.1 Å². The summed E-state index contributed by atoms with van der Waals surface area (Å²) in [6, 6.07) is 0. The Balaban J connectivity index is 0. The Labute approximate surface area is 97.9 Å². The second-order valence-electron chi connectivity index (χ2n) is 1.39. The van der Waals surface area contributed by atoms with Crippen molar-refractivity contribution in [1.29, 1.82) is 0 Å². The van der Waals surface area contributed by atoms with Crippen LogP contribution in [0.25, 0.3) is 0 Å². The average Bonchev–Trinajstić information content (AvgIpc) is 1.63. The van der Waals surface area contributed by atoms with Crippen molar-refractivity contribution in [3.05, 3.63) is 0 Å². The fraction of sp³-hybridized carbons (Fsp3) is 0.500. The van der Waals surface area contributed by atoms with E-state index in [-0.39, 0.29) is 62.0 Å². The summed E-state index contributed by atoms with van der Waals surface area (Å²) in [5.41, 5.74) is 0. The van der Waals surface area contributed by atoms with E-state index in [0.29, 0.717) is 0 Å². The zero-order valence-electron chi connectivity index (χ0n) is 5.33. The Hall–Kier alpha value is 0.471. The van der Waals surface area contributed by atoms with Crippen molar-refractivity contribution >= 4 is 60.8 Å². The minimum absolute atomic E-state index is 0. The average molecular weight is 270 g/mol. The van der Waals surface area contributed by atoms with Crippen LogP contribution in [0, 0.1) is 0 Å². The summed E-state index contributed by atoms with van der Waals surface area (Å²) in [7, 11) is 0. The SMILES string of the molecule is O=C(O)CNCC(=O)O.[Ba]. The van der Waals surface area contributed by atoms with Gasteiger partial charge in [-0.05, 0) is 0 Å². The van der Waals surface area contributed by atoms with E-state index in [1.54, 1.807) is 0 Å². The first-order valence-corrected chi connectivity index (χ1v) is 2.27. The minimum Gasteiger partial charge on any atom is -0.480 e. The third-order valence-electron chi connectivity index (χ3n) is 0.552. The molecular weight excluding hydrogens is 263 g/mol. The van der Waals surface area contributed by atoms with E-state index in [1.807, 2.05) is 0 Å². The third-order valence-corrected chi connectivity index (χ3v) is 0.552. The van der Waals surface area contributed by atoms with Gasteiger partial charge in [0.05, 0.1) is 13.1 Å². The van der Waals surface area contributed by atoms with E-state index < -0.39 is 11.9 Å². The fourth-order valence-electron chi connectivity index (χ4n) is 0.276. The van der Waals surface area contributed by atoms with Crippen molar-refractivity contribution in [3.63, 3.8) is 0 Å². The van der Waals surface area contributed by atoms with Gasteiger partial charge in [0.15, 0.2) is 0 Å². The van der Waals surface area contributed by atoms with Gasteiger partial charge in [-0.25, -0.2) is 0 Å². The molecule has 0 unspecified atom stereocenters. The molecule has 0 amide bonds. The predicted molar refractivity (Wildman–Crippen MR) is 33.9 cm³/mol. The smallest absolute Gasteiger partial charge is 0.317 e. The zero-order valence-corrected chi connectivity index (χ0v) is 9.77. The number of carboxylic acid groups (broad SMARTS) is 2. The Morgan fingerprint density at radius 2 is 1.40 bits per heavy atom. The van der Waals surface area contributed by atoms with Crippen molar-refractivity contribution < 1.29 is 19.8 Å². The fourth-order valence-corrected chi connectivity index (χ4v) is 0.276. The zero-order chi connectivity index (χ0) is 7.28. The van der Waals surface area contributed by atoms with Crippen LogP contribution in [0.4, 0.5) is 0 Å². The Kier molecular flexibility index (Phi) is 9.92. The maximum Gasteiger partial charge on any atom is 0.317 e. The van der Waals surface area contributed by atoms with Crippen LogP contribution in [0.3, 0.4) is 0 Å². The van der Waals surface area contributed by atoms with Gasteiger partial charge >= 0.3 is 11.9 Å². The summed E-state index contributed by atoms with van der Waals surface area (Å²) in [6.45, 7) is -0.626. The summed E-state index contributed by atoms with van der Waals surface area (Å²) in [4.78, 5) is 19.5. The molecular formula is C4H7BaNO4. The Bertz CT molecular complexity index is 112. The number of carbonyl (C=O) groups is 2. The van der Waals surface area contributed by atoms with E-state index in [2.05, 4.69) is 5.32 Å². The molecule has 0 rings (SSSR count). The number of rotatable bonds is 4. The van der Waals surface area contributed by atoms with Crippen molar-refractivity contribution in [2.24, 2.45) is 0 Å². The normalized spacial score (nSPS) is 8.00. The van der Waals surface area contributed by atoms with Gasteiger partial charge in [-0.1, -0.05) is 0 Å². The number of hydrogen-bond acceptors (Lipinski definition) is 3. The molecule has 0 aliphatic rings. The summed E-state index contributed by atoms with van der Waals surface area (Å²) >= 11 is 0. The molecule has 0 saturated carbocycles. The second-order valence-corrected chi connectivity index (χ2v) is 1.39. The van der Waals surface area contributed by atoms with Crippen molar-refractivity contribution in [3.8, 4) is 0 Å². The first-order chi connectivity index (χ1) is 4.13. The van der Waals surface area contributed by atoms with Gasteiger partial charge in [0.2, 0.25) is 0 Å². The first-order valence-electron chi connectivity index (χ1n) is 2.27. The summed E-state index contributed by atoms with van der Waals surface area (Å²) in [5.74, 6) is -2.12. The molecule has 0 aliphatic heterocycles. The first kappa shape index (κ1) is 13.1. The number of aliphatic carboxylic acids is 2. The largest absolute Gasteiger partial charge is 0.480 e. The predicted octanol–water partition coefficient (Wildman–Crippen LogP) is -1.64. The van der Waals surface area contributed by atoms with Crippen LogP contribution in [-0.2, 0) is 9.59 Å². The summed E-state index contributed by atoms with van der Waals surface area (Å²) < 4.78 is 0. The van der Waals surface area contributed by atoms with Gasteiger partial charge in [0, 0.05) is 48.9 Å². The molecule has 6 heteroatoms. The summed E-state index contributed by atoms with van der Waals surface area (Å²) in [5, 5.41) is 18.1. The molecule has 2 radical (unpaired) electrons. The maximum absolute atomic E-state index is 9.73. The molecule has 0 aromatic rings. The molecule has 0 fully saturated rings. The minimum atomic E-state index is -1.06. The monoisotopic (exact) mass is 271 g/mol. The number of nitrogens with one attached hydrogen (secondary N) is 1. The number of carboxylic acids is 2. The maximum atomic E-state index is 9.73. The molecule has 0 atom stereocenters. The van der Waals surface area contributed by atoms with Crippen molar-refractivity contribution in [1.82, 2.24) is 5.32 Å². The molecule has 5 nitrogen and oxygen atoms in total. The molecule has 0 aromatic carbocycles. The van der Waals surface area contributed by atoms with Crippen LogP contribution in [0.2, 0.25) is 0 Å². The van der Waals surface area contributed by atoms with E-state index in [0.717, 1.165) is 0 Å². The van der Waals surface area contributed by atoms with E-state index >= 15 is 0 Å². The molecule has 0 aliphatic carbocycles. The van der Waals surface area contributed by atoms with Crippen LogP contribution in [0.15, 0.2) is 0 Å². The van der Waals surface area contributed by atoms with Gasteiger partial charge in [-0.15, -0.1) is 0 Å². The molecule has 54 valence electrons. The molecule has 10 heavy (non-hydrogen) atoms. The van der Waals surface area contributed by atoms with Crippen LogP contribution in [-0.4, -0.2) is 84.1 Å². The Morgan fingerprint density at radius 3 is 1.60 bits per heavy atom. The van der Waals surface area contributed by atoms with Gasteiger partial charge in [-0.2, -0.15) is 0 Å². The van der Waals surface area contributed by atoms with Gasteiger partial charge in [-0.3, -0.25) is 14.9 Å². The topological polar surface area (TPSA) is 86.6 Å². The molecule has 3 N–H and O–H groups in total. The number of hydrogen-bond donors (Lipinski definition) is 3. The van der Waals surface area contributed by atoms with E-state index in [4.69, 9.17) is 10.2 Å². The molecule has 0 spiro atoms. The van der Waals surface area contributed by atoms with Crippen LogP contribution >= 0.6 is 0 Å². The van der Waals surface area contributed by atoms with Gasteiger partial charge in [0.25, 0.3) is 0 Å². The van der Waals surface area contributed by atoms with Crippen LogP contribution in [0.1, 0.15) is 0 Å². The van der Waals surface area contributed by atoms with Crippen LogP contribution in [0.5, 0.6) is 0 Å². The second kappa shape index (κ2) is 7.58. The molecule has 0 bridgehead atoms. The van der Waals surface area contributed by atoms with Gasteiger partial charge < -0.3 is 10.2 Å². The van der Waals surface area contributed by atoms with E-state index in [1.165, 1.54) is 0 Å².